The predicted octanol–water partition coefficient (Wildman–Crippen LogP) is 23.8. The first-order valence-electron chi connectivity index (χ1n) is 37.0. The summed E-state index contributed by atoms with van der Waals surface area (Å²) in [5.74, 6) is 0. The zero-order valence-corrected chi connectivity index (χ0v) is 62.5. The first-order valence-corrected chi connectivity index (χ1v) is 37.8. The van der Waals surface area contributed by atoms with Crippen LogP contribution < -0.4 is 30.4 Å². The molecule has 5 heteroatoms. The average Bonchev–Trinajstić information content (AvgIpc) is 1.23. The summed E-state index contributed by atoms with van der Waals surface area (Å²) >= 11 is 2.12. The van der Waals surface area contributed by atoms with Crippen LogP contribution in [-0.2, 0) is 55.2 Å². The number of thiophene rings is 1. The van der Waals surface area contributed by atoms with E-state index in [9.17, 15) is 0 Å². The summed E-state index contributed by atoms with van der Waals surface area (Å²) < 4.78 is 2.90. The molecule has 4 heterocycles. The summed E-state index contributed by atoms with van der Waals surface area (Å²) in [4.78, 5) is 8.70. The number of benzene rings is 7. The minimum atomic E-state index is -0.194. The van der Waals surface area contributed by atoms with Gasteiger partial charge in [0.05, 0.1) is 16.9 Å². The Morgan fingerprint density at radius 1 is 0.479 bits per heavy atom. The standard InChI is InChI=1S/C89H110BN3S/c1-22-24-36-81(6,7)63-54-76-61(45-55(63)23-2)78-79(94-76)90-70-51-66-68(87(18,19)44-42-85(66,14)15)53-73(70)92(71-35-32-57(80(3,4)5)46-60(71)56-30-26-25-27-31-56)75-49-59(48-74(77(75)90)91(78)58-33-34-62-64(47-58)83(10,11)40-39-82(62,8)9)93-72-52-67-65(84(12,13)41-43-86(67,16)17)50-69(72)88(20)37-28-29-38-89(88,93)21/h25-27,30-35,45-54H,22-24,28-29,36-44H2,1-21H3. The van der Waals surface area contributed by atoms with E-state index in [1.807, 2.05) is 0 Å². The number of unbranched alkanes of at least 4 members (excludes halogenated alkanes) is 1. The van der Waals surface area contributed by atoms with Gasteiger partial charge >= 0.3 is 0 Å². The number of fused-ring (bicyclic) bond motifs is 12. The molecule has 0 bridgehead atoms. The Balaban J connectivity index is 1.14. The van der Waals surface area contributed by atoms with Crippen molar-refractivity contribution in [3.63, 3.8) is 0 Å². The summed E-state index contributed by atoms with van der Waals surface area (Å²) in [7, 11) is 0. The SMILES string of the molecule is CCCCC(C)(C)c1cc2sc3c(c2cc1CC)N(c1ccc2c(c1)C(C)(C)CCC2(C)C)c1cc(N2c4cc5c(cc4C4(C)CCCCC24C)C(C)(C)CCC5(C)C)cc2c1B3c1cc3c(cc1N2c1ccc(C(C)(C)C)cc1-c1ccccc1)C(C)(C)CCC3(C)C. The molecule has 7 aromatic carbocycles. The van der Waals surface area contributed by atoms with Crippen LogP contribution in [0.5, 0.6) is 0 Å². The Morgan fingerprint density at radius 3 is 1.65 bits per heavy atom. The number of anilines is 8. The van der Waals surface area contributed by atoms with Crippen LogP contribution in [0.4, 0.5) is 45.5 Å². The smallest absolute Gasteiger partial charge is 0.264 e. The summed E-state index contributed by atoms with van der Waals surface area (Å²) in [6.07, 6.45) is 16.5. The van der Waals surface area contributed by atoms with Gasteiger partial charge in [-0.15, -0.1) is 11.3 Å². The Labute approximate surface area is 572 Å². The molecular weight excluding hydrogens is 1150 g/mol. The first kappa shape index (κ1) is 64.0. The molecule has 1 saturated carbocycles. The highest BCUT2D eigenvalue weighted by Gasteiger charge is 2.60. The normalized spacial score (nSPS) is 23.0. The van der Waals surface area contributed by atoms with Crippen molar-refractivity contribution in [1.29, 1.82) is 0 Å². The van der Waals surface area contributed by atoms with Gasteiger partial charge in [0.15, 0.2) is 0 Å². The maximum absolute atomic E-state index is 2.98. The highest BCUT2D eigenvalue weighted by Crippen LogP contribution is 2.65. The van der Waals surface area contributed by atoms with Gasteiger partial charge in [0.25, 0.3) is 6.71 Å². The lowest BCUT2D eigenvalue weighted by molar-refractivity contribution is 0.194. The van der Waals surface area contributed by atoms with Crippen molar-refractivity contribution >= 4 is 89.3 Å². The zero-order valence-electron chi connectivity index (χ0n) is 61.7. The van der Waals surface area contributed by atoms with Crippen LogP contribution in [-0.4, -0.2) is 12.3 Å². The molecule has 1 fully saturated rings. The fraction of sp³-hybridized carbons (Fsp3) is 0.506. The van der Waals surface area contributed by atoms with Crippen LogP contribution in [0.15, 0.2) is 115 Å². The van der Waals surface area contributed by atoms with E-state index >= 15 is 0 Å². The lowest BCUT2D eigenvalue weighted by Crippen LogP contribution is -2.61. The molecule has 8 aromatic rings. The average molecular weight is 1260 g/mol. The van der Waals surface area contributed by atoms with Gasteiger partial charge in [-0.05, 0) is 247 Å². The molecule has 3 aliphatic heterocycles. The second kappa shape index (κ2) is 21.0. The van der Waals surface area contributed by atoms with E-state index in [1.54, 1.807) is 16.7 Å². The third-order valence-corrected chi connectivity index (χ3v) is 27.9. The lowest BCUT2D eigenvalue weighted by Gasteiger charge is -2.51. The lowest BCUT2D eigenvalue weighted by atomic mass is 9.35. The van der Waals surface area contributed by atoms with Crippen molar-refractivity contribution in [2.75, 3.05) is 14.7 Å². The summed E-state index contributed by atoms with van der Waals surface area (Å²) in [6.45, 7) is 52.7. The minimum Gasteiger partial charge on any atom is -0.334 e. The monoisotopic (exact) mass is 1260 g/mol. The molecule has 0 radical (unpaired) electrons. The molecule has 0 saturated heterocycles. The molecule has 0 amide bonds. The molecule has 2 atom stereocenters. The third-order valence-electron chi connectivity index (χ3n) is 26.7. The third kappa shape index (κ3) is 9.33. The van der Waals surface area contributed by atoms with Crippen molar-refractivity contribution in [2.45, 2.75) is 290 Å². The second-order valence-corrected chi connectivity index (χ2v) is 38.1. The minimum absolute atomic E-state index is 0.00214. The molecule has 0 spiro atoms. The summed E-state index contributed by atoms with van der Waals surface area (Å²) in [5, 5.41) is 1.41. The van der Waals surface area contributed by atoms with Gasteiger partial charge in [0.1, 0.15) is 0 Å². The van der Waals surface area contributed by atoms with Gasteiger partial charge in [-0.3, -0.25) is 0 Å². The van der Waals surface area contributed by atoms with E-state index < -0.39 is 0 Å². The molecule has 7 aliphatic rings. The molecule has 1 aromatic heterocycles. The van der Waals surface area contributed by atoms with E-state index in [1.165, 1.54) is 179 Å². The van der Waals surface area contributed by atoms with Crippen LogP contribution in [0, 0.1) is 0 Å². The van der Waals surface area contributed by atoms with E-state index in [0.717, 1.165) is 32.1 Å². The van der Waals surface area contributed by atoms with E-state index in [0.29, 0.717) is 0 Å². The second-order valence-electron chi connectivity index (χ2n) is 37.1. The molecule has 490 valence electrons. The molecule has 4 aliphatic carbocycles. The topological polar surface area (TPSA) is 9.72 Å². The number of nitrogens with zero attached hydrogens (tertiary/aromatic N) is 3. The van der Waals surface area contributed by atoms with Gasteiger partial charge in [-0.25, -0.2) is 0 Å². The number of hydrogen-bond acceptors (Lipinski definition) is 4. The van der Waals surface area contributed by atoms with Crippen LogP contribution in [0.2, 0.25) is 0 Å². The largest absolute Gasteiger partial charge is 0.334 e. The van der Waals surface area contributed by atoms with Crippen LogP contribution in [0.25, 0.3) is 21.2 Å². The van der Waals surface area contributed by atoms with Gasteiger partial charge in [-0.2, -0.15) is 0 Å². The van der Waals surface area contributed by atoms with Crippen molar-refractivity contribution < 1.29 is 0 Å². The molecule has 3 nitrogen and oxygen atoms in total. The summed E-state index contributed by atoms with van der Waals surface area (Å²) in [5.41, 5.74) is 31.1. The highest BCUT2D eigenvalue weighted by molar-refractivity contribution is 7.33. The van der Waals surface area contributed by atoms with Gasteiger partial charge in [-0.1, -0.05) is 219 Å². The quantitative estimate of drug-likeness (QED) is 0.133. The van der Waals surface area contributed by atoms with E-state index in [4.69, 9.17) is 0 Å². The molecule has 0 N–H and O–H groups in total. The Kier molecular flexibility index (Phi) is 14.3. The van der Waals surface area contributed by atoms with Crippen molar-refractivity contribution in [2.24, 2.45) is 0 Å². The zero-order chi connectivity index (χ0) is 66.8. The van der Waals surface area contributed by atoms with Crippen molar-refractivity contribution in [3.05, 3.63) is 171 Å². The van der Waals surface area contributed by atoms with Crippen LogP contribution in [0.1, 0.15) is 285 Å². The van der Waals surface area contributed by atoms with Crippen molar-refractivity contribution in [1.82, 2.24) is 0 Å². The van der Waals surface area contributed by atoms with Gasteiger partial charge in [0.2, 0.25) is 0 Å². The fourth-order valence-corrected chi connectivity index (χ4v) is 21.2. The number of hydrogen-bond donors (Lipinski definition) is 0. The molecule has 2 unspecified atom stereocenters. The maximum atomic E-state index is 2.98. The Bertz CT molecular complexity index is 4440. The first-order chi connectivity index (χ1) is 44.1. The fourth-order valence-electron chi connectivity index (χ4n) is 19.9. The Morgan fingerprint density at radius 2 is 1.04 bits per heavy atom. The number of aryl methyl sites for hydroxylation is 1. The van der Waals surface area contributed by atoms with Crippen molar-refractivity contribution in [3.8, 4) is 11.1 Å². The van der Waals surface area contributed by atoms with E-state index in [2.05, 4.69) is 287 Å². The van der Waals surface area contributed by atoms with Crippen LogP contribution in [0.3, 0.4) is 0 Å². The molecule has 15 rings (SSSR count). The highest BCUT2D eigenvalue weighted by atomic mass is 32.1. The molecular formula is C89H110BN3S. The number of rotatable bonds is 9. The predicted molar refractivity (Wildman–Crippen MR) is 411 cm³/mol. The Hall–Kier alpha value is -6.04. The summed E-state index contributed by atoms with van der Waals surface area (Å²) in [6, 6.07) is 48.9. The van der Waals surface area contributed by atoms with E-state index in [-0.39, 0.29) is 61.0 Å². The van der Waals surface area contributed by atoms with Gasteiger partial charge in [0, 0.05) is 60.0 Å². The van der Waals surface area contributed by atoms with Gasteiger partial charge < -0.3 is 14.7 Å². The maximum Gasteiger partial charge on any atom is 0.264 e. The van der Waals surface area contributed by atoms with Crippen LogP contribution >= 0.6 is 11.3 Å². The molecule has 94 heavy (non-hydrogen) atoms.